The molecule has 0 unspecified atom stereocenters. The summed E-state index contributed by atoms with van der Waals surface area (Å²) in [6.07, 6.45) is -1.75. The Hall–Kier alpha value is -4.26. The lowest BCUT2D eigenvalue weighted by molar-refractivity contribution is -0.130. The Morgan fingerprint density at radius 3 is 1.82 bits per heavy atom. The summed E-state index contributed by atoms with van der Waals surface area (Å²) in [4.78, 5) is 39.6. The van der Waals surface area contributed by atoms with Crippen LogP contribution in [0.5, 0.6) is 0 Å². The van der Waals surface area contributed by atoms with Crippen molar-refractivity contribution in [1.29, 1.82) is 0 Å². The lowest BCUT2D eigenvalue weighted by Crippen LogP contribution is -2.58. The topological polar surface area (TPSA) is 179 Å². The first-order chi connectivity index (χ1) is 21.1. The fourth-order valence-corrected chi connectivity index (χ4v) is 5.80. The fraction of sp³-hybridized carbons (Fsp3) is 0.364. The van der Waals surface area contributed by atoms with Crippen molar-refractivity contribution in [2.75, 3.05) is 7.05 Å². The number of carbonyl (C=O) groups is 3. The Morgan fingerprint density at radius 1 is 0.844 bits per heavy atom. The molecule has 12 heteroatoms. The monoisotopic (exact) mass is 638 g/mol. The normalized spacial score (nSPS) is 14.4. The van der Waals surface area contributed by atoms with E-state index in [1.54, 1.807) is 20.8 Å². The van der Waals surface area contributed by atoms with Crippen LogP contribution in [-0.4, -0.2) is 72.7 Å². The highest BCUT2D eigenvalue weighted by atomic mass is 32.2. The second kappa shape index (κ2) is 15.2. The van der Waals surface area contributed by atoms with E-state index >= 15 is 0 Å². The zero-order valence-corrected chi connectivity index (χ0v) is 26.7. The zero-order valence-electron chi connectivity index (χ0n) is 25.9. The van der Waals surface area contributed by atoms with Crippen LogP contribution in [0.25, 0.3) is 0 Å². The fourth-order valence-electron chi connectivity index (χ4n) is 5.29. The number of rotatable bonds is 13. The van der Waals surface area contributed by atoms with Gasteiger partial charge in [-0.15, -0.1) is 0 Å². The molecule has 11 nitrogen and oxygen atoms in total. The molecule has 0 aliphatic carbocycles. The maximum atomic E-state index is 13.6. The second-order valence-electron chi connectivity index (χ2n) is 12.2. The lowest BCUT2D eigenvalue weighted by atomic mass is 9.84. The van der Waals surface area contributed by atoms with Crippen LogP contribution in [0.3, 0.4) is 0 Å². The Kier molecular flexibility index (Phi) is 11.9. The molecule has 3 aromatic rings. The van der Waals surface area contributed by atoms with E-state index in [4.69, 9.17) is 5.14 Å². The molecule has 242 valence electrons. The van der Waals surface area contributed by atoms with Crippen LogP contribution in [0.1, 0.15) is 48.7 Å². The van der Waals surface area contributed by atoms with Gasteiger partial charge < -0.3 is 20.8 Å². The van der Waals surface area contributed by atoms with Crippen molar-refractivity contribution in [3.8, 4) is 0 Å². The minimum atomic E-state index is -3.93. The van der Waals surface area contributed by atoms with Crippen LogP contribution >= 0.6 is 0 Å². The van der Waals surface area contributed by atoms with Crippen LogP contribution in [0.4, 0.5) is 4.79 Å². The largest absolute Gasteiger partial charge is 0.465 e. The predicted molar refractivity (Wildman–Crippen MR) is 171 cm³/mol. The van der Waals surface area contributed by atoms with Crippen molar-refractivity contribution in [2.24, 2.45) is 10.6 Å². The van der Waals surface area contributed by atoms with Gasteiger partial charge in [-0.2, -0.15) is 0 Å². The molecule has 3 amide bonds. The molecule has 0 aromatic heterocycles. The zero-order chi connectivity index (χ0) is 33.4. The Bertz CT molecular complexity index is 1540. The third kappa shape index (κ3) is 10.4. The van der Waals surface area contributed by atoms with Gasteiger partial charge in [0, 0.05) is 18.7 Å². The Balaban J connectivity index is 1.90. The molecule has 0 radical (unpaired) electrons. The van der Waals surface area contributed by atoms with E-state index < -0.39 is 57.6 Å². The molecule has 3 aromatic carbocycles. The molecule has 0 aliphatic heterocycles. The molecule has 3 rings (SSSR count). The number of hydrogen-bond acceptors (Lipinski definition) is 6. The molecule has 0 saturated carbocycles. The lowest BCUT2D eigenvalue weighted by Gasteiger charge is -2.37. The van der Waals surface area contributed by atoms with Gasteiger partial charge in [0.25, 0.3) is 5.91 Å². The summed E-state index contributed by atoms with van der Waals surface area (Å²) in [6, 6.07) is 21.4. The average Bonchev–Trinajstić information content (AvgIpc) is 2.96. The summed E-state index contributed by atoms with van der Waals surface area (Å²) in [6.45, 7) is 5.29. The Morgan fingerprint density at radius 2 is 1.36 bits per heavy atom. The average molecular weight is 639 g/mol. The van der Waals surface area contributed by atoms with E-state index in [0.717, 1.165) is 16.0 Å². The Labute approximate surface area is 264 Å². The van der Waals surface area contributed by atoms with Crippen LogP contribution in [-0.2, 0) is 27.7 Å². The number of nitrogens with two attached hydrogens (primary N) is 1. The number of benzene rings is 3. The molecule has 0 heterocycles. The van der Waals surface area contributed by atoms with Gasteiger partial charge in [-0.1, -0.05) is 81.4 Å². The molecular formula is C33H42N4O7S. The summed E-state index contributed by atoms with van der Waals surface area (Å²) in [7, 11) is -2.60. The molecule has 4 atom stereocenters. The highest BCUT2D eigenvalue weighted by Gasteiger charge is 2.39. The van der Waals surface area contributed by atoms with Crippen LogP contribution < -0.4 is 15.8 Å². The molecule has 6 N–H and O–H groups in total. The number of nitrogens with one attached hydrogen (secondary N) is 2. The number of aliphatic hydroxyl groups is 1. The van der Waals surface area contributed by atoms with E-state index in [9.17, 15) is 33.0 Å². The second-order valence-corrected chi connectivity index (χ2v) is 13.8. The number of nitrogens with zero attached hydrogens (tertiary/aromatic N) is 1. The minimum Gasteiger partial charge on any atom is -0.465 e. The minimum absolute atomic E-state index is 0.0443. The predicted octanol–water partition coefficient (Wildman–Crippen LogP) is 3.18. The highest BCUT2D eigenvalue weighted by Crippen LogP contribution is 2.25. The van der Waals surface area contributed by atoms with Gasteiger partial charge in [-0.3, -0.25) is 14.5 Å². The summed E-state index contributed by atoms with van der Waals surface area (Å²) in [5.41, 5.74) is 1.20. The van der Waals surface area contributed by atoms with E-state index in [0.29, 0.717) is 6.42 Å². The first-order valence-corrected chi connectivity index (χ1v) is 16.1. The molecule has 0 spiro atoms. The molecular weight excluding hydrogens is 596 g/mol. The number of carbonyl (C=O) groups excluding carboxylic acids is 2. The summed E-state index contributed by atoms with van der Waals surface area (Å²) >= 11 is 0. The van der Waals surface area contributed by atoms with Crippen LogP contribution in [0, 0.1) is 5.41 Å². The number of likely N-dealkylation sites (N-methyl/N-ethyl adjacent to an activating group) is 1. The van der Waals surface area contributed by atoms with Gasteiger partial charge in [-0.05, 0) is 60.1 Å². The third-order valence-corrected chi connectivity index (χ3v) is 8.41. The number of hydrogen-bond donors (Lipinski definition) is 5. The standard InChI is InChI=1S/C33H42N4O7S/c1-33(2,3)29(37(4)32(41)42)31(40)36-27(20-23-13-9-6-10-14-23)28(38)21-25(19-22-11-7-5-8-12-22)35-30(39)24-15-17-26(18-16-24)45(34,43)44/h5-18,25,27-29,38H,19-21H2,1-4H3,(H,35,39)(H,36,40)(H,41,42)(H2,34,43,44)/t25-,27-,28-,29-/m0/s1. The smallest absolute Gasteiger partial charge is 0.407 e. The highest BCUT2D eigenvalue weighted by molar-refractivity contribution is 7.89. The van der Waals surface area contributed by atoms with E-state index in [1.165, 1.54) is 31.3 Å². The van der Waals surface area contributed by atoms with E-state index in [-0.39, 0.29) is 23.3 Å². The SMILES string of the molecule is CN(C(=O)O)[C@@H](C(=O)N[C@@H](Cc1ccccc1)[C@@H](O)C[C@H](Cc1ccccc1)NC(=O)c1ccc(S(N)(=O)=O)cc1)C(C)(C)C. The van der Waals surface area contributed by atoms with Gasteiger partial charge >= 0.3 is 6.09 Å². The van der Waals surface area contributed by atoms with E-state index in [2.05, 4.69) is 10.6 Å². The van der Waals surface area contributed by atoms with Gasteiger partial charge in [0.15, 0.2) is 0 Å². The van der Waals surface area contributed by atoms with Gasteiger partial charge in [-0.25, -0.2) is 18.4 Å². The first-order valence-electron chi connectivity index (χ1n) is 14.5. The van der Waals surface area contributed by atoms with Crippen molar-refractivity contribution in [2.45, 2.75) is 69.2 Å². The number of aliphatic hydroxyl groups excluding tert-OH is 1. The first kappa shape index (κ1) is 35.2. The van der Waals surface area contributed by atoms with Gasteiger partial charge in [0.2, 0.25) is 15.9 Å². The summed E-state index contributed by atoms with van der Waals surface area (Å²) in [5, 5.41) is 32.3. The molecule has 0 fully saturated rings. The molecule has 0 aliphatic rings. The maximum absolute atomic E-state index is 13.6. The van der Waals surface area contributed by atoms with Crippen molar-refractivity contribution in [3.05, 3.63) is 102 Å². The van der Waals surface area contributed by atoms with Crippen molar-refractivity contribution >= 4 is 27.9 Å². The number of primary sulfonamides is 1. The van der Waals surface area contributed by atoms with E-state index in [1.807, 2.05) is 60.7 Å². The third-order valence-electron chi connectivity index (χ3n) is 7.48. The quantitative estimate of drug-likeness (QED) is 0.191. The van der Waals surface area contributed by atoms with Crippen LogP contribution in [0.2, 0.25) is 0 Å². The van der Waals surface area contributed by atoms with Crippen LogP contribution in [0.15, 0.2) is 89.8 Å². The van der Waals surface area contributed by atoms with Gasteiger partial charge in [0.05, 0.1) is 17.0 Å². The number of sulfonamides is 1. The maximum Gasteiger partial charge on any atom is 0.407 e. The van der Waals surface area contributed by atoms with Crippen molar-refractivity contribution < 1.29 is 33.0 Å². The van der Waals surface area contributed by atoms with Crippen molar-refractivity contribution in [1.82, 2.24) is 15.5 Å². The number of amides is 3. The van der Waals surface area contributed by atoms with Gasteiger partial charge in [0.1, 0.15) is 6.04 Å². The number of carboxylic acid groups (broad SMARTS) is 1. The summed E-state index contributed by atoms with van der Waals surface area (Å²) < 4.78 is 23.3. The summed E-state index contributed by atoms with van der Waals surface area (Å²) in [5.74, 6) is -1.03. The molecule has 0 bridgehead atoms. The molecule has 0 saturated heterocycles. The molecule has 45 heavy (non-hydrogen) atoms. The van der Waals surface area contributed by atoms with Crippen molar-refractivity contribution in [3.63, 3.8) is 0 Å².